The number of benzene rings is 3. The van der Waals surface area contributed by atoms with E-state index < -0.39 is 17.8 Å². The lowest BCUT2D eigenvalue weighted by molar-refractivity contribution is -0.122. The normalized spacial score (nSPS) is 14.7. The molecular formula is C28H24BrFN2O5. The van der Waals surface area contributed by atoms with E-state index in [9.17, 15) is 18.8 Å². The summed E-state index contributed by atoms with van der Waals surface area (Å²) >= 11 is 3.47. The van der Waals surface area contributed by atoms with E-state index in [-0.39, 0.29) is 18.0 Å². The van der Waals surface area contributed by atoms with Crippen molar-refractivity contribution in [3.63, 3.8) is 0 Å². The van der Waals surface area contributed by atoms with Gasteiger partial charge in [0.15, 0.2) is 11.5 Å². The highest BCUT2D eigenvalue weighted by molar-refractivity contribution is 9.10. The van der Waals surface area contributed by atoms with Crippen LogP contribution in [-0.4, -0.2) is 24.5 Å². The fraction of sp³-hybridized carbons (Fsp3) is 0.179. The quantitative estimate of drug-likeness (QED) is 0.286. The Morgan fingerprint density at radius 3 is 2.51 bits per heavy atom. The second-order valence-corrected chi connectivity index (χ2v) is 9.21. The molecule has 190 valence electrons. The molecule has 37 heavy (non-hydrogen) atoms. The van der Waals surface area contributed by atoms with Gasteiger partial charge in [0.25, 0.3) is 11.8 Å². The average molecular weight is 567 g/mol. The number of barbiturate groups is 1. The minimum absolute atomic E-state index is 0.102. The number of carbonyl (C=O) groups excluding carboxylic acids is 3. The Labute approximate surface area is 222 Å². The average Bonchev–Trinajstić information content (AvgIpc) is 2.84. The Morgan fingerprint density at radius 1 is 1.03 bits per heavy atom. The van der Waals surface area contributed by atoms with Crippen molar-refractivity contribution in [3.05, 3.63) is 92.7 Å². The van der Waals surface area contributed by atoms with Crippen molar-refractivity contribution in [2.45, 2.75) is 27.4 Å². The van der Waals surface area contributed by atoms with Crippen LogP contribution in [0.15, 0.2) is 64.6 Å². The second kappa shape index (κ2) is 11.0. The van der Waals surface area contributed by atoms with Gasteiger partial charge in [-0.2, -0.15) is 0 Å². The summed E-state index contributed by atoms with van der Waals surface area (Å²) in [6.07, 6.45) is 1.39. The number of rotatable bonds is 7. The maximum atomic E-state index is 13.5. The lowest BCUT2D eigenvalue weighted by Crippen LogP contribution is -2.54. The third-order valence-corrected chi connectivity index (χ3v) is 6.42. The van der Waals surface area contributed by atoms with Gasteiger partial charge in [-0.25, -0.2) is 14.1 Å². The van der Waals surface area contributed by atoms with Gasteiger partial charge in [0.1, 0.15) is 18.0 Å². The Morgan fingerprint density at radius 2 is 1.78 bits per heavy atom. The van der Waals surface area contributed by atoms with Crippen molar-refractivity contribution in [2.24, 2.45) is 0 Å². The van der Waals surface area contributed by atoms with E-state index in [0.29, 0.717) is 39.4 Å². The van der Waals surface area contributed by atoms with E-state index in [0.717, 1.165) is 16.0 Å². The summed E-state index contributed by atoms with van der Waals surface area (Å²) in [5.41, 5.74) is 2.96. The van der Waals surface area contributed by atoms with E-state index in [1.165, 1.54) is 18.2 Å². The molecule has 0 spiro atoms. The van der Waals surface area contributed by atoms with Crippen molar-refractivity contribution in [3.8, 4) is 11.5 Å². The van der Waals surface area contributed by atoms with Crippen molar-refractivity contribution in [2.75, 3.05) is 11.5 Å². The molecule has 3 aromatic rings. The van der Waals surface area contributed by atoms with Crippen LogP contribution in [0.3, 0.4) is 0 Å². The van der Waals surface area contributed by atoms with Crippen LogP contribution in [0, 0.1) is 19.7 Å². The number of hydrogen-bond donors (Lipinski definition) is 1. The Balaban J connectivity index is 1.68. The van der Waals surface area contributed by atoms with Gasteiger partial charge in [0.05, 0.1) is 16.8 Å². The molecule has 1 saturated heterocycles. The van der Waals surface area contributed by atoms with Crippen LogP contribution < -0.4 is 19.7 Å². The number of urea groups is 1. The van der Waals surface area contributed by atoms with Crippen LogP contribution in [0.4, 0.5) is 14.9 Å². The molecule has 9 heteroatoms. The summed E-state index contributed by atoms with van der Waals surface area (Å²) in [6.45, 7) is 5.92. The number of nitrogens with zero attached hydrogens (tertiary/aromatic N) is 1. The summed E-state index contributed by atoms with van der Waals surface area (Å²) in [5.74, 6) is -1.14. The fourth-order valence-electron chi connectivity index (χ4n) is 3.88. The molecule has 0 aliphatic carbocycles. The minimum Gasteiger partial charge on any atom is -0.490 e. The van der Waals surface area contributed by atoms with Gasteiger partial charge in [-0.1, -0.05) is 24.3 Å². The first-order valence-electron chi connectivity index (χ1n) is 11.5. The minimum atomic E-state index is -0.807. The maximum absolute atomic E-state index is 13.5. The van der Waals surface area contributed by atoms with E-state index in [1.54, 1.807) is 50.2 Å². The number of imide groups is 2. The molecule has 4 rings (SSSR count). The highest BCUT2D eigenvalue weighted by Gasteiger charge is 2.37. The van der Waals surface area contributed by atoms with Crippen LogP contribution in [0.1, 0.15) is 29.2 Å². The van der Waals surface area contributed by atoms with E-state index >= 15 is 0 Å². The van der Waals surface area contributed by atoms with E-state index in [4.69, 9.17) is 9.47 Å². The van der Waals surface area contributed by atoms with Crippen molar-refractivity contribution in [1.82, 2.24) is 5.32 Å². The first kappa shape index (κ1) is 26.1. The highest BCUT2D eigenvalue weighted by atomic mass is 79.9. The molecular weight excluding hydrogens is 543 g/mol. The molecule has 1 heterocycles. The van der Waals surface area contributed by atoms with Gasteiger partial charge >= 0.3 is 6.03 Å². The molecule has 0 bridgehead atoms. The van der Waals surface area contributed by atoms with E-state index in [1.807, 2.05) is 13.0 Å². The Kier molecular flexibility index (Phi) is 7.73. The predicted molar refractivity (Wildman–Crippen MR) is 141 cm³/mol. The number of halogens is 2. The largest absolute Gasteiger partial charge is 0.490 e. The maximum Gasteiger partial charge on any atom is 0.335 e. The number of anilines is 1. The lowest BCUT2D eigenvalue weighted by atomic mass is 10.0. The van der Waals surface area contributed by atoms with Gasteiger partial charge in [-0.05, 0) is 95.4 Å². The number of ether oxygens (including phenoxy) is 2. The van der Waals surface area contributed by atoms with Crippen LogP contribution in [0.2, 0.25) is 0 Å². The zero-order valence-electron chi connectivity index (χ0n) is 20.4. The SMILES string of the molecule is CCOc1cc(/C=C2\C(=O)NC(=O)N(c3cccc(C)c3C)C2=O)cc(Br)c1OCc1cccc(F)c1. The Hall–Kier alpha value is -3.98. The van der Waals surface area contributed by atoms with Gasteiger partial charge in [-0.3, -0.25) is 14.9 Å². The molecule has 0 saturated carbocycles. The first-order chi connectivity index (χ1) is 17.7. The Bertz CT molecular complexity index is 1440. The number of nitrogens with one attached hydrogen (secondary N) is 1. The number of carbonyl (C=O) groups is 3. The molecule has 1 aliphatic rings. The smallest absolute Gasteiger partial charge is 0.335 e. The summed E-state index contributed by atoms with van der Waals surface area (Å²) < 4.78 is 25.7. The zero-order valence-corrected chi connectivity index (χ0v) is 22.0. The highest BCUT2D eigenvalue weighted by Crippen LogP contribution is 2.38. The topological polar surface area (TPSA) is 84.9 Å². The molecule has 1 fully saturated rings. The molecule has 3 aromatic carbocycles. The molecule has 0 atom stereocenters. The van der Waals surface area contributed by atoms with Crippen molar-refractivity contribution < 1.29 is 28.2 Å². The predicted octanol–water partition coefficient (Wildman–Crippen LogP) is 5.85. The van der Waals surface area contributed by atoms with Crippen LogP contribution in [-0.2, 0) is 16.2 Å². The van der Waals surface area contributed by atoms with Crippen molar-refractivity contribution in [1.29, 1.82) is 0 Å². The number of amides is 4. The fourth-order valence-corrected chi connectivity index (χ4v) is 4.45. The summed E-state index contributed by atoms with van der Waals surface area (Å²) in [6, 6.07) is 13.8. The van der Waals surface area contributed by atoms with Gasteiger partial charge in [0.2, 0.25) is 0 Å². The second-order valence-electron chi connectivity index (χ2n) is 8.36. The monoisotopic (exact) mass is 566 g/mol. The van der Waals surface area contributed by atoms with Gasteiger partial charge in [-0.15, -0.1) is 0 Å². The standard InChI is InChI=1S/C28H24BrFN2O5/c1-4-36-24-14-19(13-22(29)25(24)37-15-18-8-6-9-20(30)11-18)12-21-26(33)31-28(35)32(27(21)34)23-10-5-7-16(2)17(23)3/h5-14H,4,15H2,1-3H3,(H,31,33,35)/b21-12+. The lowest BCUT2D eigenvalue weighted by Gasteiger charge is -2.28. The van der Waals surface area contributed by atoms with Gasteiger partial charge in [0, 0.05) is 0 Å². The number of hydrogen-bond acceptors (Lipinski definition) is 5. The molecule has 1 N–H and O–H groups in total. The molecule has 0 unspecified atom stereocenters. The van der Waals surface area contributed by atoms with Crippen molar-refractivity contribution >= 4 is 45.5 Å². The molecule has 0 radical (unpaired) electrons. The zero-order chi connectivity index (χ0) is 26.7. The van der Waals surface area contributed by atoms with Gasteiger partial charge < -0.3 is 9.47 Å². The third-order valence-electron chi connectivity index (χ3n) is 5.83. The summed E-state index contributed by atoms with van der Waals surface area (Å²) in [5, 5.41) is 2.24. The van der Waals surface area contributed by atoms with Crippen LogP contribution in [0.5, 0.6) is 11.5 Å². The van der Waals surface area contributed by atoms with Crippen LogP contribution >= 0.6 is 15.9 Å². The van der Waals surface area contributed by atoms with E-state index in [2.05, 4.69) is 21.2 Å². The third kappa shape index (κ3) is 5.56. The molecule has 7 nitrogen and oxygen atoms in total. The first-order valence-corrected chi connectivity index (χ1v) is 12.3. The summed E-state index contributed by atoms with van der Waals surface area (Å²) in [4.78, 5) is 39.6. The summed E-state index contributed by atoms with van der Waals surface area (Å²) in [7, 11) is 0. The van der Waals surface area contributed by atoms with Crippen LogP contribution in [0.25, 0.3) is 6.08 Å². The molecule has 4 amide bonds. The number of aryl methyl sites for hydroxylation is 1. The molecule has 1 aliphatic heterocycles. The molecule has 0 aromatic heterocycles.